The van der Waals surface area contributed by atoms with Gasteiger partial charge in [-0.2, -0.15) is 0 Å². The molecule has 70 heavy (non-hydrogen) atoms. The smallest absolute Gasteiger partial charge is 0.160 e. The molecule has 5 heterocycles. The van der Waals surface area contributed by atoms with Crippen LogP contribution in [-0.2, 0) is 0 Å². The molecule has 5 aromatic heterocycles. The predicted molar refractivity (Wildman–Crippen MR) is 285 cm³/mol. The normalized spacial score (nSPS) is 11.7. The Hall–Kier alpha value is -9.52. The number of benzene rings is 9. The van der Waals surface area contributed by atoms with Gasteiger partial charge in [-0.15, -0.1) is 0 Å². The van der Waals surface area contributed by atoms with Crippen LogP contribution >= 0.6 is 0 Å². The Morgan fingerprint density at radius 3 is 1.39 bits per heavy atom. The maximum absolute atomic E-state index is 6.20. The Kier molecular flexibility index (Phi) is 9.10. The van der Waals surface area contributed by atoms with Gasteiger partial charge in [0.15, 0.2) is 5.82 Å². The fourth-order valence-electron chi connectivity index (χ4n) is 9.99. The number of aromatic nitrogens is 4. The summed E-state index contributed by atoms with van der Waals surface area (Å²) in [6.45, 7) is 0. The number of fused-ring (bicyclic) bond motifs is 9. The zero-order valence-corrected chi connectivity index (χ0v) is 37.5. The lowest BCUT2D eigenvalue weighted by atomic mass is 9.91. The number of para-hydroxylation sites is 2. The third kappa shape index (κ3) is 6.89. The molecule has 0 aliphatic rings. The highest BCUT2D eigenvalue weighted by molar-refractivity contribution is 6.08. The van der Waals surface area contributed by atoms with Crippen LogP contribution in [0.1, 0.15) is 0 Å². The van der Waals surface area contributed by atoms with Crippen LogP contribution in [0.3, 0.4) is 0 Å². The first kappa shape index (κ1) is 39.6. The van der Waals surface area contributed by atoms with E-state index >= 15 is 0 Å². The first-order chi connectivity index (χ1) is 34.6. The molecule has 0 N–H and O–H groups in total. The van der Waals surface area contributed by atoms with E-state index < -0.39 is 0 Å². The lowest BCUT2D eigenvalue weighted by Gasteiger charge is -2.14. The van der Waals surface area contributed by atoms with Crippen LogP contribution in [0.15, 0.2) is 239 Å². The summed E-state index contributed by atoms with van der Waals surface area (Å²) >= 11 is 0. The molecule has 14 aromatic rings. The number of furan rings is 2. The molecule has 14 rings (SSSR count). The lowest BCUT2D eigenvalue weighted by molar-refractivity contribution is 0.668. The monoisotopic (exact) mass is 894 g/mol. The highest BCUT2D eigenvalue weighted by Crippen LogP contribution is 2.40. The van der Waals surface area contributed by atoms with Crippen molar-refractivity contribution >= 4 is 65.7 Å². The van der Waals surface area contributed by atoms with Gasteiger partial charge in [-0.3, -0.25) is 4.98 Å². The molecule has 0 bridgehead atoms. The Bertz CT molecular complexity index is 4200. The lowest BCUT2D eigenvalue weighted by Crippen LogP contribution is -1.98. The largest absolute Gasteiger partial charge is 0.456 e. The average Bonchev–Trinajstić information content (AvgIpc) is 4.01. The summed E-state index contributed by atoms with van der Waals surface area (Å²) in [4.78, 5) is 20.5. The summed E-state index contributed by atoms with van der Waals surface area (Å²) in [7, 11) is 0. The highest BCUT2D eigenvalue weighted by Gasteiger charge is 2.17. The van der Waals surface area contributed by atoms with Crippen LogP contribution in [-0.4, -0.2) is 19.9 Å². The van der Waals surface area contributed by atoms with E-state index in [2.05, 4.69) is 170 Å². The molecule has 0 fully saturated rings. The quantitative estimate of drug-likeness (QED) is 0.148. The van der Waals surface area contributed by atoms with Crippen molar-refractivity contribution in [1.82, 2.24) is 19.9 Å². The molecular weight excluding hydrogens is 857 g/mol. The first-order valence-electron chi connectivity index (χ1n) is 23.4. The fraction of sp³-hybridized carbons (Fsp3) is 0. The van der Waals surface area contributed by atoms with E-state index in [0.717, 1.165) is 138 Å². The molecule has 0 saturated carbocycles. The van der Waals surface area contributed by atoms with Crippen molar-refractivity contribution in [3.8, 4) is 78.5 Å². The zero-order chi connectivity index (χ0) is 46.1. The van der Waals surface area contributed by atoms with Crippen LogP contribution in [0.4, 0.5) is 0 Å². The van der Waals surface area contributed by atoms with Crippen molar-refractivity contribution in [3.63, 3.8) is 0 Å². The van der Waals surface area contributed by atoms with Gasteiger partial charge in [0, 0.05) is 49.6 Å². The molecule has 0 spiro atoms. The van der Waals surface area contributed by atoms with E-state index in [4.69, 9.17) is 28.8 Å². The molecule has 0 saturated heterocycles. The Morgan fingerprint density at radius 2 is 0.743 bits per heavy atom. The minimum absolute atomic E-state index is 0.617. The average molecular weight is 895 g/mol. The molecule has 326 valence electrons. The third-order valence-electron chi connectivity index (χ3n) is 13.5. The minimum atomic E-state index is 0.617. The van der Waals surface area contributed by atoms with Crippen molar-refractivity contribution in [2.75, 3.05) is 0 Å². The molecule has 0 radical (unpaired) electrons. The second-order valence-electron chi connectivity index (χ2n) is 17.8. The van der Waals surface area contributed by atoms with Crippen LogP contribution in [0, 0.1) is 0 Å². The maximum atomic E-state index is 6.20. The van der Waals surface area contributed by atoms with Gasteiger partial charge in [0.25, 0.3) is 0 Å². The van der Waals surface area contributed by atoms with Crippen molar-refractivity contribution < 1.29 is 8.83 Å². The Balaban J connectivity index is 0.950. The molecule has 6 heteroatoms. The molecule has 9 aromatic carbocycles. The first-order valence-corrected chi connectivity index (χ1v) is 23.4. The molecule has 0 atom stereocenters. The van der Waals surface area contributed by atoms with Crippen LogP contribution in [0.5, 0.6) is 0 Å². The number of nitrogens with zero attached hydrogens (tertiary/aromatic N) is 4. The van der Waals surface area contributed by atoms with Gasteiger partial charge in [-0.05, 0) is 129 Å². The van der Waals surface area contributed by atoms with Gasteiger partial charge >= 0.3 is 0 Å². The van der Waals surface area contributed by atoms with E-state index in [1.165, 1.54) is 0 Å². The van der Waals surface area contributed by atoms with E-state index in [1.54, 1.807) is 0 Å². The van der Waals surface area contributed by atoms with Gasteiger partial charge in [0.2, 0.25) is 0 Å². The second-order valence-corrected chi connectivity index (χ2v) is 17.8. The van der Waals surface area contributed by atoms with Crippen molar-refractivity contribution in [2.24, 2.45) is 0 Å². The van der Waals surface area contributed by atoms with Crippen LogP contribution < -0.4 is 0 Å². The van der Waals surface area contributed by atoms with Gasteiger partial charge < -0.3 is 8.83 Å². The van der Waals surface area contributed by atoms with Crippen molar-refractivity contribution in [1.29, 1.82) is 0 Å². The van der Waals surface area contributed by atoms with E-state index in [1.807, 2.05) is 60.8 Å². The van der Waals surface area contributed by atoms with Crippen molar-refractivity contribution in [3.05, 3.63) is 231 Å². The predicted octanol–water partition coefficient (Wildman–Crippen LogP) is 17.0. The zero-order valence-electron chi connectivity index (χ0n) is 37.5. The number of pyridine rings is 2. The SMILES string of the molecule is c1ccc(-c2nc(-c3cc(-c4cccc(-c5ccc6oc7ccccc7c6c5)c4)cc(-c4cccc(-c5ccc6oc7ccccc7c6c5)c4)c3)cc(-c3ccc4ccc5cccnc5c4n3)n2)cc1. The molecule has 0 amide bonds. The third-order valence-corrected chi connectivity index (χ3v) is 13.5. The number of hydrogen-bond donors (Lipinski definition) is 0. The van der Waals surface area contributed by atoms with Gasteiger partial charge in [-0.25, -0.2) is 15.0 Å². The fourth-order valence-corrected chi connectivity index (χ4v) is 9.99. The summed E-state index contributed by atoms with van der Waals surface area (Å²) in [6, 6.07) is 78.4. The van der Waals surface area contributed by atoms with E-state index in [9.17, 15) is 0 Å². The van der Waals surface area contributed by atoms with Gasteiger partial charge in [0.1, 0.15) is 22.3 Å². The highest BCUT2D eigenvalue weighted by atomic mass is 16.3. The number of hydrogen-bond acceptors (Lipinski definition) is 6. The molecule has 0 unspecified atom stereocenters. The molecule has 0 aliphatic heterocycles. The standard InChI is InChI=1S/C64H38N4O2/c1-2-11-41(12-3-1)64-67-56(38-57(68-64)55-27-24-40-23-22-39-17-10-30-65-62(39)63(40)66-55)50-34-48(44-15-8-13-42(31-44)46-25-28-60-53(36-46)51-18-4-6-20-58(51)69-60)33-49(35-50)45-16-9-14-43(32-45)47-26-29-61-54(37-47)52-19-5-7-21-59(52)70-61/h1-38H. The summed E-state index contributed by atoms with van der Waals surface area (Å²) in [5, 5.41) is 6.47. The van der Waals surface area contributed by atoms with Crippen LogP contribution in [0.2, 0.25) is 0 Å². The van der Waals surface area contributed by atoms with Crippen LogP contribution in [0.25, 0.3) is 144 Å². The van der Waals surface area contributed by atoms with Gasteiger partial charge in [0.05, 0.1) is 28.1 Å². The summed E-state index contributed by atoms with van der Waals surface area (Å²) in [6.07, 6.45) is 1.82. The second kappa shape index (κ2) is 16.1. The van der Waals surface area contributed by atoms with Gasteiger partial charge in [-0.1, -0.05) is 140 Å². The summed E-state index contributed by atoms with van der Waals surface area (Å²) in [5.74, 6) is 0.617. The minimum Gasteiger partial charge on any atom is -0.456 e. The molecular formula is C64H38N4O2. The van der Waals surface area contributed by atoms with E-state index in [0.29, 0.717) is 5.82 Å². The molecule has 6 nitrogen and oxygen atoms in total. The molecule has 0 aliphatic carbocycles. The van der Waals surface area contributed by atoms with E-state index in [-0.39, 0.29) is 0 Å². The Labute approximate surface area is 401 Å². The Morgan fingerprint density at radius 1 is 0.257 bits per heavy atom. The summed E-state index contributed by atoms with van der Waals surface area (Å²) in [5.41, 5.74) is 18.1. The summed E-state index contributed by atoms with van der Waals surface area (Å²) < 4.78 is 12.4. The van der Waals surface area contributed by atoms with Crippen molar-refractivity contribution in [2.45, 2.75) is 0 Å². The topological polar surface area (TPSA) is 77.8 Å². The number of rotatable bonds is 7. The maximum Gasteiger partial charge on any atom is 0.160 e.